The monoisotopic (exact) mass is 299 g/mol. The molecule has 0 aliphatic carbocycles. The third kappa shape index (κ3) is 2.02. The van der Waals surface area contributed by atoms with Gasteiger partial charge in [-0.25, -0.2) is 9.97 Å². The zero-order chi connectivity index (χ0) is 15.3. The van der Waals surface area contributed by atoms with Crippen molar-refractivity contribution in [1.29, 1.82) is 0 Å². The predicted molar refractivity (Wildman–Crippen MR) is 85.8 cm³/mol. The van der Waals surface area contributed by atoms with Crippen LogP contribution in [0.15, 0.2) is 18.5 Å². The average molecular weight is 299 g/mol. The number of hydrogen-bond donors (Lipinski definition) is 3. The van der Waals surface area contributed by atoms with Gasteiger partial charge in [-0.1, -0.05) is 0 Å². The standard InChI is InChI=1S/C16H21N5O/c1-16(2,22)15-20-12-9-19-14-11(5-8-18-14)13(12)21(15)10-3-6-17-7-4-10/h5,8-10,17,22H,3-4,6-7H2,1-2H3,(H,18,19). The van der Waals surface area contributed by atoms with E-state index in [0.717, 1.165) is 53.8 Å². The molecule has 0 amide bonds. The van der Waals surface area contributed by atoms with Gasteiger partial charge in [-0.3, -0.25) is 0 Å². The summed E-state index contributed by atoms with van der Waals surface area (Å²) >= 11 is 0. The lowest BCUT2D eigenvalue weighted by Gasteiger charge is -2.29. The fourth-order valence-corrected chi connectivity index (χ4v) is 3.44. The molecule has 1 fully saturated rings. The predicted octanol–water partition coefficient (Wildman–Crippen LogP) is 2.06. The minimum absolute atomic E-state index is 0.355. The number of aliphatic hydroxyl groups is 1. The lowest BCUT2D eigenvalue weighted by molar-refractivity contribution is 0.0626. The number of imidazole rings is 1. The van der Waals surface area contributed by atoms with Gasteiger partial charge in [0.25, 0.3) is 0 Å². The topological polar surface area (TPSA) is 78.8 Å². The molecular formula is C16H21N5O. The normalized spacial score (nSPS) is 17.6. The second kappa shape index (κ2) is 4.79. The summed E-state index contributed by atoms with van der Waals surface area (Å²) in [5.41, 5.74) is 1.81. The maximum atomic E-state index is 10.6. The second-order valence-corrected chi connectivity index (χ2v) is 6.58. The number of pyridine rings is 1. The molecule has 3 N–H and O–H groups in total. The van der Waals surface area contributed by atoms with E-state index in [1.165, 1.54) is 0 Å². The van der Waals surface area contributed by atoms with E-state index in [9.17, 15) is 5.11 Å². The Morgan fingerprint density at radius 2 is 2.09 bits per heavy atom. The van der Waals surface area contributed by atoms with Crippen molar-refractivity contribution < 1.29 is 5.11 Å². The molecule has 1 aliphatic rings. The molecule has 4 rings (SSSR count). The smallest absolute Gasteiger partial charge is 0.141 e. The maximum Gasteiger partial charge on any atom is 0.141 e. The van der Waals surface area contributed by atoms with E-state index < -0.39 is 5.60 Å². The molecule has 6 heteroatoms. The van der Waals surface area contributed by atoms with Crippen molar-refractivity contribution in [3.05, 3.63) is 24.3 Å². The number of nitrogens with one attached hydrogen (secondary N) is 2. The van der Waals surface area contributed by atoms with Gasteiger partial charge >= 0.3 is 0 Å². The summed E-state index contributed by atoms with van der Waals surface area (Å²) < 4.78 is 2.24. The quantitative estimate of drug-likeness (QED) is 0.677. The van der Waals surface area contributed by atoms with Gasteiger partial charge in [0.2, 0.25) is 0 Å². The summed E-state index contributed by atoms with van der Waals surface area (Å²) in [6.07, 6.45) is 5.78. The first-order chi connectivity index (χ1) is 10.6. The Labute approximate surface area is 128 Å². The van der Waals surface area contributed by atoms with Crippen molar-refractivity contribution in [2.24, 2.45) is 0 Å². The van der Waals surface area contributed by atoms with Gasteiger partial charge in [-0.05, 0) is 45.8 Å². The Kier molecular flexibility index (Phi) is 2.99. The summed E-state index contributed by atoms with van der Waals surface area (Å²) in [5.74, 6) is 0.727. The Bertz CT molecular complexity index is 820. The number of aromatic amines is 1. The van der Waals surface area contributed by atoms with Crippen LogP contribution in [0.25, 0.3) is 22.1 Å². The molecule has 0 saturated carbocycles. The summed E-state index contributed by atoms with van der Waals surface area (Å²) in [7, 11) is 0. The zero-order valence-corrected chi connectivity index (χ0v) is 12.9. The number of H-pyrrole nitrogens is 1. The molecule has 0 bridgehead atoms. The van der Waals surface area contributed by atoms with Crippen LogP contribution in [0.4, 0.5) is 0 Å². The van der Waals surface area contributed by atoms with E-state index in [0.29, 0.717) is 6.04 Å². The van der Waals surface area contributed by atoms with E-state index in [4.69, 9.17) is 4.98 Å². The van der Waals surface area contributed by atoms with Gasteiger partial charge in [-0.15, -0.1) is 0 Å². The number of fused-ring (bicyclic) bond motifs is 3. The molecule has 6 nitrogen and oxygen atoms in total. The van der Waals surface area contributed by atoms with Crippen molar-refractivity contribution in [2.75, 3.05) is 13.1 Å². The molecule has 116 valence electrons. The first kappa shape index (κ1) is 13.7. The van der Waals surface area contributed by atoms with E-state index in [1.54, 1.807) is 20.0 Å². The Morgan fingerprint density at radius 3 is 2.82 bits per heavy atom. The largest absolute Gasteiger partial charge is 0.383 e. The molecule has 0 atom stereocenters. The highest BCUT2D eigenvalue weighted by molar-refractivity contribution is 6.01. The van der Waals surface area contributed by atoms with Crippen LogP contribution < -0.4 is 5.32 Å². The minimum atomic E-state index is -0.980. The number of rotatable bonds is 2. The van der Waals surface area contributed by atoms with Crippen molar-refractivity contribution in [1.82, 2.24) is 24.8 Å². The number of piperidine rings is 1. The van der Waals surface area contributed by atoms with Gasteiger partial charge in [0.15, 0.2) is 0 Å². The Morgan fingerprint density at radius 1 is 1.32 bits per heavy atom. The molecule has 22 heavy (non-hydrogen) atoms. The lowest BCUT2D eigenvalue weighted by atomic mass is 10.0. The molecule has 1 aliphatic heterocycles. The summed E-state index contributed by atoms with van der Waals surface area (Å²) in [4.78, 5) is 12.3. The number of nitrogens with zero attached hydrogens (tertiary/aromatic N) is 3. The van der Waals surface area contributed by atoms with Gasteiger partial charge in [0, 0.05) is 17.6 Å². The highest BCUT2D eigenvalue weighted by Crippen LogP contribution is 2.34. The fraction of sp³-hybridized carbons (Fsp3) is 0.500. The highest BCUT2D eigenvalue weighted by atomic mass is 16.3. The zero-order valence-electron chi connectivity index (χ0n) is 12.9. The minimum Gasteiger partial charge on any atom is -0.383 e. The second-order valence-electron chi connectivity index (χ2n) is 6.58. The molecule has 3 aromatic rings. The van der Waals surface area contributed by atoms with Crippen LogP contribution in [0.2, 0.25) is 0 Å². The third-order valence-electron chi connectivity index (χ3n) is 4.46. The summed E-state index contributed by atoms with van der Waals surface area (Å²) in [6.45, 7) is 5.59. The Balaban J connectivity index is 2.05. The average Bonchev–Trinajstić information content (AvgIpc) is 3.11. The SMILES string of the molecule is CC(C)(O)c1nc2cnc3[nH]ccc3c2n1C1CCNCC1. The van der Waals surface area contributed by atoms with Gasteiger partial charge < -0.3 is 20.0 Å². The first-order valence-corrected chi connectivity index (χ1v) is 7.83. The molecule has 3 aromatic heterocycles. The number of aromatic nitrogens is 4. The molecule has 4 heterocycles. The molecule has 0 spiro atoms. The van der Waals surface area contributed by atoms with Gasteiger partial charge in [-0.2, -0.15) is 0 Å². The van der Waals surface area contributed by atoms with Crippen molar-refractivity contribution >= 4 is 22.1 Å². The van der Waals surface area contributed by atoms with Crippen molar-refractivity contribution in [3.63, 3.8) is 0 Å². The Hall–Kier alpha value is -1.92. The van der Waals surface area contributed by atoms with Crippen LogP contribution in [-0.4, -0.2) is 37.7 Å². The van der Waals surface area contributed by atoms with Gasteiger partial charge in [0.1, 0.15) is 22.6 Å². The van der Waals surface area contributed by atoms with Crippen molar-refractivity contribution in [2.45, 2.75) is 38.3 Å². The van der Waals surface area contributed by atoms with E-state index in [1.807, 2.05) is 12.3 Å². The van der Waals surface area contributed by atoms with E-state index >= 15 is 0 Å². The van der Waals surface area contributed by atoms with Gasteiger partial charge in [0.05, 0.1) is 11.7 Å². The fourth-order valence-electron chi connectivity index (χ4n) is 3.44. The third-order valence-corrected chi connectivity index (χ3v) is 4.46. The summed E-state index contributed by atoms with van der Waals surface area (Å²) in [5, 5.41) is 15.1. The lowest BCUT2D eigenvalue weighted by Crippen LogP contribution is -2.32. The van der Waals surface area contributed by atoms with Crippen LogP contribution in [0.3, 0.4) is 0 Å². The van der Waals surface area contributed by atoms with Crippen LogP contribution in [0.1, 0.15) is 38.6 Å². The molecule has 1 saturated heterocycles. The van der Waals surface area contributed by atoms with Crippen LogP contribution in [0, 0.1) is 0 Å². The van der Waals surface area contributed by atoms with Crippen LogP contribution in [-0.2, 0) is 5.60 Å². The maximum absolute atomic E-state index is 10.6. The molecule has 0 unspecified atom stereocenters. The first-order valence-electron chi connectivity index (χ1n) is 7.83. The van der Waals surface area contributed by atoms with E-state index in [2.05, 4.69) is 19.9 Å². The van der Waals surface area contributed by atoms with E-state index in [-0.39, 0.29) is 0 Å². The van der Waals surface area contributed by atoms with Crippen molar-refractivity contribution in [3.8, 4) is 0 Å². The number of hydrogen-bond acceptors (Lipinski definition) is 4. The molecule has 0 aromatic carbocycles. The van der Waals surface area contributed by atoms with Crippen LogP contribution in [0.5, 0.6) is 0 Å². The molecular weight excluding hydrogens is 278 g/mol. The molecule has 0 radical (unpaired) electrons. The van der Waals surface area contributed by atoms with Crippen LogP contribution >= 0.6 is 0 Å². The summed E-state index contributed by atoms with van der Waals surface area (Å²) in [6, 6.07) is 2.39. The highest BCUT2D eigenvalue weighted by Gasteiger charge is 2.30.